The molecule has 1 heterocycles. The first kappa shape index (κ1) is 22.4. The number of esters is 2. The second kappa shape index (κ2) is 9.79. The summed E-state index contributed by atoms with van der Waals surface area (Å²) in [7, 11) is 0. The van der Waals surface area contributed by atoms with Crippen LogP contribution in [0.5, 0.6) is 0 Å². The SMILES string of the molecule is O=C1OC(CO)(COC(=O)C(c2ccccc2)c2ccccc2)C/C1=C\c1ccc(F)cc1. The van der Waals surface area contributed by atoms with Crippen LogP contribution in [0, 0.1) is 5.82 Å². The zero-order valence-electron chi connectivity index (χ0n) is 17.8. The third kappa shape index (κ3) is 5.18. The van der Waals surface area contributed by atoms with E-state index in [0.717, 1.165) is 11.1 Å². The summed E-state index contributed by atoms with van der Waals surface area (Å²) in [6.07, 6.45) is 1.64. The van der Waals surface area contributed by atoms with Gasteiger partial charge in [-0.25, -0.2) is 9.18 Å². The zero-order valence-corrected chi connectivity index (χ0v) is 17.8. The molecule has 0 amide bonds. The molecule has 4 rings (SSSR count). The minimum Gasteiger partial charge on any atom is -0.461 e. The van der Waals surface area contributed by atoms with Crippen LogP contribution in [-0.2, 0) is 19.1 Å². The molecule has 1 atom stereocenters. The van der Waals surface area contributed by atoms with Gasteiger partial charge in [-0.1, -0.05) is 72.8 Å². The van der Waals surface area contributed by atoms with Crippen LogP contribution in [0.3, 0.4) is 0 Å². The highest BCUT2D eigenvalue weighted by molar-refractivity contribution is 5.96. The fraction of sp³-hybridized carbons (Fsp3) is 0.185. The van der Waals surface area contributed by atoms with Gasteiger partial charge in [0.05, 0.1) is 6.61 Å². The largest absolute Gasteiger partial charge is 0.461 e. The molecule has 3 aromatic rings. The van der Waals surface area contributed by atoms with Crippen molar-refractivity contribution in [2.24, 2.45) is 0 Å². The Morgan fingerprint density at radius 3 is 2.12 bits per heavy atom. The molecule has 1 aliphatic heterocycles. The number of rotatable bonds is 7. The lowest BCUT2D eigenvalue weighted by atomic mass is 9.91. The van der Waals surface area contributed by atoms with Gasteiger partial charge in [0.1, 0.15) is 18.3 Å². The first-order valence-corrected chi connectivity index (χ1v) is 10.6. The van der Waals surface area contributed by atoms with E-state index < -0.39 is 30.1 Å². The highest BCUT2D eigenvalue weighted by atomic mass is 19.1. The maximum Gasteiger partial charge on any atom is 0.334 e. The molecule has 6 heteroatoms. The van der Waals surface area contributed by atoms with E-state index in [1.54, 1.807) is 18.2 Å². The molecule has 1 aliphatic rings. The molecule has 0 bridgehead atoms. The normalized spacial score (nSPS) is 19.0. The average molecular weight is 446 g/mol. The fourth-order valence-corrected chi connectivity index (χ4v) is 3.84. The van der Waals surface area contributed by atoms with E-state index in [4.69, 9.17) is 9.47 Å². The Morgan fingerprint density at radius 2 is 1.58 bits per heavy atom. The van der Waals surface area contributed by atoms with E-state index in [1.165, 1.54) is 12.1 Å². The molecule has 3 aromatic carbocycles. The number of aliphatic hydroxyl groups is 1. The highest BCUT2D eigenvalue weighted by Gasteiger charge is 2.45. The number of benzene rings is 3. The third-order valence-corrected chi connectivity index (χ3v) is 5.56. The summed E-state index contributed by atoms with van der Waals surface area (Å²) < 4.78 is 24.2. The van der Waals surface area contributed by atoms with Gasteiger partial charge in [0.25, 0.3) is 0 Å². The van der Waals surface area contributed by atoms with Gasteiger partial charge in [-0.2, -0.15) is 0 Å². The van der Waals surface area contributed by atoms with E-state index in [0.29, 0.717) is 11.1 Å². The lowest BCUT2D eigenvalue weighted by molar-refractivity contribution is -0.166. The molecule has 1 unspecified atom stereocenters. The quantitative estimate of drug-likeness (QED) is 0.434. The van der Waals surface area contributed by atoms with Gasteiger partial charge in [-0.05, 0) is 34.9 Å². The number of halogens is 1. The Hall–Kier alpha value is -3.77. The van der Waals surface area contributed by atoms with E-state index in [1.807, 2.05) is 60.7 Å². The molecule has 168 valence electrons. The fourth-order valence-electron chi connectivity index (χ4n) is 3.84. The molecular formula is C27H23FO5. The average Bonchev–Trinajstić information content (AvgIpc) is 3.16. The molecule has 33 heavy (non-hydrogen) atoms. The standard InChI is InChI=1S/C27H23FO5/c28-23-13-11-19(12-14-23)15-22-16-27(17-29,33-25(22)30)18-32-26(31)24(20-7-3-1-4-8-20)21-9-5-2-6-10-21/h1-15,24,29H,16-18H2/b22-15+. The number of cyclic esters (lactones) is 1. The van der Waals surface area contributed by atoms with E-state index in [2.05, 4.69) is 0 Å². The Balaban J connectivity index is 1.52. The van der Waals surface area contributed by atoms with Crippen LogP contribution in [0.2, 0.25) is 0 Å². The van der Waals surface area contributed by atoms with Gasteiger partial charge in [-0.15, -0.1) is 0 Å². The summed E-state index contributed by atoms with van der Waals surface area (Å²) in [6, 6.07) is 24.2. The molecule has 0 saturated carbocycles. The number of carbonyl (C=O) groups is 2. The second-order valence-electron chi connectivity index (χ2n) is 7.99. The predicted molar refractivity (Wildman–Crippen MR) is 121 cm³/mol. The van der Waals surface area contributed by atoms with Crippen molar-refractivity contribution in [3.63, 3.8) is 0 Å². The van der Waals surface area contributed by atoms with Crippen molar-refractivity contribution in [3.05, 3.63) is 113 Å². The van der Waals surface area contributed by atoms with Gasteiger partial charge in [0, 0.05) is 12.0 Å². The Bertz CT molecular complexity index is 1100. The molecule has 0 spiro atoms. The van der Waals surface area contributed by atoms with Gasteiger partial charge in [-0.3, -0.25) is 4.79 Å². The van der Waals surface area contributed by atoms with Crippen molar-refractivity contribution in [1.82, 2.24) is 0 Å². The number of hydrogen-bond acceptors (Lipinski definition) is 5. The monoisotopic (exact) mass is 446 g/mol. The van der Waals surface area contributed by atoms with Crippen molar-refractivity contribution in [1.29, 1.82) is 0 Å². The molecule has 5 nitrogen and oxygen atoms in total. The van der Waals surface area contributed by atoms with Crippen molar-refractivity contribution in [3.8, 4) is 0 Å². The second-order valence-corrected chi connectivity index (χ2v) is 7.99. The highest BCUT2D eigenvalue weighted by Crippen LogP contribution is 2.33. The number of ether oxygens (including phenoxy) is 2. The van der Waals surface area contributed by atoms with Crippen LogP contribution in [-0.4, -0.2) is 35.9 Å². The van der Waals surface area contributed by atoms with Gasteiger partial charge in [0.2, 0.25) is 0 Å². The van der Waals surface area contributed by atoms with Crippen molar-refractivity contribution in [2.45, 2.75) is 17.9 Å². The summed E-state index contributed by atoms with van der Waals surface area (Å²) in [5.74, 6) is -2.15. The summed E-state index contributed by atoms with van der Waals surface area (Å²) in [5, 5.41) is 9.99. The topological polar surface area (TPSA) is 72.8 Å². The summed E-state index contributed by atoms with van der Waals surface area (Å²) in [5.41, 5.74) is 1.12. The smallest absolute Gasteiger partial charge is 0.334 e. The van der Waals surface area contributed by atoms with Gasteiger partial charge >= 0.3 is 11.9 Å². The zero-order chi connectivity index (χ0) is 23.3. The summed E-state index contributed by atoms with van der Waals surface area (Å²) >= 11 is 0. The van der Waals surface area contributed by atoms with Gasteiger partial charge < -0.3 is 14.6 Å². The van der Waals surface area contributed by atoms with Crippen LogP contribution in [0.1, 0.15) is 29.0 Å². The Kier molecular flexibility index (Phi) is 6.66. The van der Waals surface area contributed by atoms with Crippen LogP contribution in [0.25, 0.3) is 6.08 Å². The van der Waals surface area contributed by atoms with Gasteiger partial charge in [0.15, 0.2) is 5.60 Å². The Morgan fingerprint density at radius 1 is 1.00 bits per heavy atom. The first-order chi connectivity index (χ1) is 16.0. The Labute approximate surface area is 191 Å². The molecule has 1 saturated heterocycles. The van der Waals surface area contributed by atoms with Crippen LogP contribution < -0.4 is 0 Å². The maximum atomic E-state index is 13.2. The summed E-state index contributed by atoms with van der Waals surface area (Å²) in [6.45, 7) is -0.793. The predicted octanol–water partition coefficient (Wildman–Crippen LogP) is 4.26. The van der Waals surface area contributed by atoms with Crippen molar-refractivity contribution >= 4 is 18.0 Å². The maximum absolute atomic E-state index is 13.2. The lowest BCUT2D eigenvalue weighted by Crippen LogP contribution is -2.40. The molecule has 1 fully saturated rings. The van der Waals surface area contributed by atoms with E-state index in [9.17, 15) is 19.1 Å². The molecule has 0 aliphatic carbocycles. The van der Waals surface area contributed by atoms with Crippen LogP contribution >= 0.6 is 0 Å². The lowest BCUT2D eigenvalue weighted by Gasteiger charge is -2.26. The molecule has 0 aromatic heterocycles. The molecule has 1 N–H and O–H groups in total. The van der Waals surface area contributed by atoms with E-state index in [-0.39, 0.29) is 18.8 Å². The first-order valence-electron chi connectivity index (χ1n) is 10.6. The minimum atomic E-state index is -1.36. The number of aliphatic hydroxyl groups excluding tert-OH is 1. The van der Waals surface area contributed by atoms with Crippen molar-refractivity contribution in [2.75, 3.05) is 13.2 Å². The number of carbonyl (C=O) groups excluding carboxylic acids is 2. The molecular weight excluding hydrogens is 423 g/mol. The number of hydrogen-bond donors (Lipinski definition) is 1. The third-order valence-electron chi connectivity index (χ3n) is 5.56. The van der Waals surface area contributed by atoms with Crippen LogP contribution in [0.15, 0.2) is 90.5 Å². The van der Waals surface area contributed by atoms with Crippen molar-refractivity contribution < 1.29 is 28.6 Å². The van der Waals surface area contributed by atoms with Crippen LogP contribution in [0.4, 0.5) is 4.39 Å². The minimum absolute atomic E-state index is 0.0638. The molecule has 0 radical (unpaired) electrons. The summed E-state index contributed by atoms with van der Waals surface area (Å²) in [4.78, 5) is 25.6. The van der Waals surface area contributed by atoms with E-state index >= 15 is 0 Å².